The molecule has 0 aliphatic carbocycles. The van der Waals surface area contributed by atoms with Gasteiger partial charge in [-0.1, -0.05) is 36.1 Å². The molecule has 16 heavy (non-hydrogen) atoms. The van der Waals surface area contributed by atoms with E-state index in [1.54, 1.807) is 11.8 Å². The third-order valence-electron chi connectivity index (χ3n) is 2.93. The molecular weight excluding hydrogens is 236 g/mol. The Hall–Kier alpha value is -0.870. The Kier molecular flexibility index (Phi) is 2.48. The van der Waals surface area contributed by atoms with E-state index in [0.29, 0.717) is 0 Å². The minimum absolute atomic E-state index is 0.923. The average molecular weight is 248 g/mol. The number of hydrogen-bond donors (Lipinski definition) is 0. The zero-order valence-corrected chi connectivity index (χ0v) is 10.7. The maximum absolute atomic E-state index is 5.43. The largest absolute Gasteiger partial charge is 0.311 e. The van der Waals surface area contributed by atoms with Gasteiger partial charge in [-0.2, -0.15) is 0 Å². The van der Waals surface area contributed by atoms with Gasteiger partial charge in [-0.3, -0.25) is 4.99 Å². The maximum atomic E-state index is 5.43. The molecule has 0 atom stereocenters. The molecule has 2 heterocycles. The van der Waals surface area contributed by atoms with Crippen molar-refractivity contribution >= 4 is 34.1 Å². The van der Waals surface area contributed by atoms with E-state index in [1.807, 2.05) is 0 Å². The van der Waals surface area contributed by atoms with Crippen LogP contribution in [0, 0.1) is 6.92 Å². The van der Waals surface area contributed by atoms with Crippen LogP contribution < -0.4 is 0 Å². The van der Waals surface area contributed by atoms with Crippen molar-refractivity contribution in [2.75, 3.05) is 13.1 Å². The van der Waals surface area contributed by atoms with Crippen LogP contribution in [0.5, 0.6) is 0 Å². The smallest absolute Gasteiger partial charge is 0.146 e. The molecule has 82 valence electrons. The molecule has 1 aromatic rings. The van der Waals surface area contributed by atoms with Gasteiger partial charge in [0.15, 0.2) is 0 Å². The highest BCUT2D eigenvalue weighted by Gasteiger charge is 2.29. The molecule has 0 saturated heterocycles. The molecule has 0 amide bonds. The summed E-state index contributed by atoms with van der Waals surface area (Å²) in [6, 6.07) is 6.36. The zero-order chi connectivity index (χ0) is 11.1. The van der Waals surface area contributed by atoms with Crippen molar-refractivity contribution in [3.63, 3.8) is 0 Å². The van der Waals surface area contributed by atoms with Crippen molar-refractivity contribution in [3.8, 4) is 0 Å². The van der Waals surface area contributed by atoms with Gasteiger partial charge in [0.25, 0.3) is 0 Å². The van der Waals surface area contributed by atoms with Gasteiger partial charge in [-0.05, 0) is 25.0 Å². The van der Waals surface area contributed by atoms with E-state index in [9.17, 15) is 0 Å². The molecule has 4 heteroatoms. The molecule has 2 aliphatic rings. The highest BCUT2D eigenvalue weighted by atomic mass is 32.2. The predicted octanol–water partition coefficient (Wildman–Crippen LogP) is 2.84. The third kappa shape index (κ3) is 1.48. The molecule has 3 rings (SSSR count). The van der Waals surface area contributed by atoms with E-state index in [1.165, 1.54) is 16.0 Å². The first-order valence-electron chi connectivity index (χ1n) is 5.41. The lowest BCUT2D eigenvalue weighted by atomic mass is 10.1. The number of fused-ring (bicyclic) bond motifs is 3. The fourth-order valence-electron chi connectivity index (χ4n) is 2.16. The van der Waals surface area contributed by atoms with Crippen LogP contribution >= 0.6 is 24.0 Å². The summed E-state index contributed by atoms with van der Waals surface area (Å²) in [5, 5.41) is 0. The minimum Gasteiger partial charge on any atom is -0.311 e. The van der Waals surface area contributed by atoms with Gasteiger partial charge < -0.3 is 4.90 Å². The van der Waals surface area contributed by atoms with E-state index in [2.05, 4.69) is 35.0 Å². The molecular formula is C12H12N2S2. The average Bonchev–Trinajstić information content (AvgIpc) is 2.29. The van der Waals surface area contributed by atoms with Crippen molar-refractivity contribution in [2.24, 2.45) is 4.99 Å². The Morgan fingerprint density at radius 1 is 1.44 bits per heavy atom. The first kappa shape index (κ1) is 10.3. The molecule has 0 radical (unpaired) electrons. The summed E-state index contributed by atoms with van der Waals surface area (Å²) in [4.78, 5) is 8.08. The number of nitrogens with zero attached hydrogens (tertiary/aromatic N) is 2. The van der Waals surface area contributed by atoms with Gasteiger partial charge in [0, 0.05) is 23.5 Å². The van der Waals surface area contributed by atoms with Crippen molar-refractivity contribution in [2.45, 2.75) is 18.2 Å². The number of thiocarbonyl (C=S) groups is 1. The van der Waals surface area contributed by atoms with E-state index in [0.717, 1.165) is 29.7 Å². The van der Waals surface area contributed by atoms with Gasteiger partial charge in [0.2, 0.25) is 0 Å². The van der Waals surface area contributed by atoms with E-state index in [4.69, 9.17) is 12.2 Å². The van der Waals surface area contributed by atoms with Crippen molar-refractivity contribution in [1.29, 1.82) is 0 Å². The van der Waals surface area contributed by atoms with E-state index in [-0.39, 0.29) is 0 Å². The van der Waals surface area contributed by atoms with Crippen LogP contribution in [0.1, 0.15) is 17.5 Å². The lowest BCUT2D eigenvalue weighted by molar-refractivity contribution is 0.560. The molecule has 0 fully saturated rings. The number of amidine groups is 1. The lowest BCUT2D eigenvalue weighted by Crippen LogP contribution is -2.41. The molecule has 2 nitrogen and oxygen atoms in total. The van der Waals surface area contributed by atoms with E-state index < -0.39 is 0 Å². The van der Waals surface area contributed by atoms with Crippen LogP contribution in [0.15, 0.2) is 28.1 Å². The van der Waals surface area contributed by atoms with Crippen LogP contribution in [0.25, 0.3) is 0 Å². The summed E-state index contributed by atoms with van der Waals surface area (Å²) in [5.74, 6) is 1.09. The second-order valence-electron chi connectivity index (χ2n) is 4.03. The number of thioether (sulfide) groups is 1. The summed E-state index contributed by atoms with van der Waals surface area (Å²) in [6.45, 7) is 4.08. The first-order valence-corrected chi connectivity index (χ1v) is 6.63. The molecule has 0 N–H and O–H groups in total. The molecule has 0 bridgehead atoms. The standard InChI is InChI=1S/C12H12N2S2/c1-8-4-2-5-9-10(8)11-13-6-3-7-14(11)12(15)16-9/h2,4-5H,3,6-7H2,1H3. The second-order valence-corrected chi connectivity index (χ2v) is 5.70. The van der Waals surface area contributed by atoms with Crippen molar-refractivity contribution < 1.29 is 0 Å². The number of aliphatic imine (C=N–C) groups is 1. The number of benzene rings is 1. The van der Waals surface area contributed by atoms with Crippen LogP contribution in [0.3, 0.4) is 0 Å². The quantitative estimate of drug-likeness (QED) is 0.657. The Morgan fingerprint density at radius 3 is 3.19 bits per heavy atom. The lowest BCUT2D eigenvalue weighted by Gasteiger charge is -2.34. The van der Waals surface area contributed by atoms with Gasteiger partial charge >= 0.3 is 0 Å². The molecule has 0 unspecified atom stereocenters. The van der Waals surface area contributed by atoms with Crippen LogP contribution in [0.4, 0.5) is 0 Å². The predicted molar refractivity (Wildman–Crippen MR) is 72.4 cm³/mol. The van der Waals surface area contributed by atoms with E-state index >= 15 is 0 Å². The summed E-state index contributed by atoms with van der Waals surface area (Å²) in [6.07, 6.45) is 1.10. The Morgan fingerprint density at radius 2 is 2.31 bits per heavy atom. The van der Waals surface area contributed by atoms with Gasteiger partial charge in [0.05, 0.1) is 0 Å². The van der Waals surface area contributed by atoms with Gasteiger partial charge in [-0.25, -0.2) is 0 Å². The molecule has 2 aliphatic heterocycles. The number of hydrogen-bond acceptors (Lipinski definition) is 3. The van der Waals surface area contributed by atoms with Gasteiger partial charge in [-0.15, -0.1) is 0 Å². The normalized spacial score (nSPS) is 18.9. The Bertz CT molecular complexity index is 494. The topological polar surface area (TPSA) is 15.6 Å². The highest BCUT2D eigenvalue weighted by Crippen LogP contribution is 2.35. The van der Waals surface area contributed by atoms with Crippen molar-refractivity contribution in [3.05, 3.63) is 29.3 Å². The summed E-state index contributed by atoms with van der Waals surface area (Å²) >= 11 is 7.12. The zero-order valence-electron chi connectivity index (χ0n) is 9.06. The summed E-state index contributed by atoms with van der Waals surface area (Å²) in [5.41, 5.74) is 2.57. The summed E-state index contributed by atoms with van der Waals surface area (Å²) < 4.78 is 0.941. The van der Waals surface area contributed by atoms with Crippen molar-refractivity contribution in [1.82, 2.24) is 4.90 Å². The second kappa shape index (κ2) is 3.86. The van der Waals surface area contributed by atoms with Crippen LogP contribution in [0.2, 0.25) is 0 Å². The fraction of sp³-hybridized carbons (Fsp3) is 0.333. The maximum Gasteiger partial charge on any atom is 0.146 e. The highest BCUT2D eigenvalue weighted by molar-refractivity contribution is 8.23. The number of aryl methyl sites for hydroxylation is 1. The molecule has 0 saturated carbocycles. The molecule has 0 spiro atoms. The van der Waals surface area contributed by atoms with Gasteiger partial charge in [0.1, 0.15) is 10.2 Å². The molecule has 1 aromatic carbocycles. The fourth-order valence-corrected chi connectivity index (χ4v) is 3.58. The van der Waals surface area contributed by atoms with Crippen LogP contribution in [-0.4, -0.2) is 28.1 Å². The van der Waals surface area contributed by atoms with Crippen LogP contribution in [-0.2, 0) is 0 Å². The Balaban J connectivity index is 2.22. The minimum atomic E-state index is 0.923. The monoisotopic (exact) mass is 248 g/mol. The summed E-state index contributed by atoms with van der Waals surface area (Å²) in [7, 11) is 0. The Labute approximate surface area is 105 Å². The SMILES string of the molecule is Cc1cccc2c1C1=NCCCN1C(=S)S2. The third-order valence-corrected chi connectivity index (χ3v) is 4.36. The number of rotatable bonds is 0. The first-order chi connectivity index (χ1) is 7.77. The molecule has 0 aromatic heterocycles.